The SMILES string of the molecule is O=C(C[C@@H]1OC(CO)[C@@H](O[C@H]2OC(CO)[C@@H](O[C@H]3OC(CO)[C@@H](O)C(O)[C@@H]3O)C(O)[C@@H]2O)C(O)[C@@H]1O)c1ccccc1. The highest BCUT2D eigenvalue weighted by Gasteiger charge is 2.53. The first kappa shape index (κ1) is 33.2. The van der Waals surface area contributed by atoms with Crippen molar-refractivity contribution in [2.45, 2.75) is 98.4 Å². The van der Waals surface area contributed by atoms with Crippen molar-refractivity contribution in [3.63, 3.8) is 0 Å². The van der Waals surface area contributed by atoms with E-state index in [-0.39, 0.29) is 12.2 Å². The van der Waals surface area contributed by atoms with Crippen LogP contribution in [0.5, 0.6) is 0 Å². The number of rotatable bonds is 10. The highest BCUT2D eigenvalue weighted by Crippen LogP contribution is 2.33. The summed E-state index contributed by atoms with van der Waals surface area (Å²) in [4.78, 5) is 12.6. The molecule has 0 aliphatic carbocycles. The van der Waals surface area contributed by atoms with Crippen LogP contribution in [0.4, 0.5) is 0 Å². The van der Waals surface area contributed by atoms with Crippen LogP contribution in [0.3, 0.4) is 0 Å². The molecule has 0 spiro atoms. The lowest BCUT2D eigenvalue weighted by Crippen LogP contribution is -2.66. The summed E-state index contributed by atoms with van der Waals surface area (Å²) in [7, 11) is 0. The monoisotopic (exact) mass is 606 g/mol. The number of aliphatic hydroxyl groups is 10. The molecule has 6 unspecified atom stereocenters. The number of carbonyl (C=O) groups excluding carboxylic acids is 1. The van der Waals surface area contributed by atoms with Crippen LogP contribution < -0.4 is 0 Å². The fraction of sp³-hybridized carbons (Fsp3) is 0.731. The van der Waals surface area contributed by atoms with Crippen molar-refractivity contribution in [3.05, 3.63) is 35.9 Å². The Kier molecular flexibility index (Phi) is 11.4. The third kappa shape index (κ3) is 6.83. The standard InChI is InChI=1S/C26H38O16/c27-7-13-17(32)18(33)21(36)25(39-13)42-24-15(9-29)40-26(22(37)20(24)35)41-23-14(8-28)38-12(16(31)19(23)34)6-11(30)10-4-2-1-3-5-10/h1-5,12-29,31-37H,6-9H2/t12-,13?,14?,15?,16+,17+,18?,19?,20?,21-,22-,23+,24+,25+,26+/m0/s1. The summed E-state index contributed by atoms with van der Waals surface area (Å²) in [6.07, 6.45) is -24.8. The Labute approximate surface area is 239 Å². The van der Waals surface area contributed by atoms with E-state index in [1.54, 1.807) is 30.3 Å². The van der Waals surface area contributed by atoms with E-state index in [1.165, 1.54) is 0 Å². The van der Waals surface area contributed by atoms with Crippen molar-refractivity contribution in [3.8, 4) is 0 Å². The van der Waals surface area contributed by atoms with Crippen molar-refractivity contribution >= 4 is 5.78 Å². The zero-order valence-electron chi connectivity index (χ0n) is 22.3. The van der Waals surface area contributed by atoms with Gasteiger partial charge in [0.2, 0.25) is 0 Å². The van der Waals surface area contributed by atoms with Gasteiger partial charge in [-0.2, -0.15) is 0 Å². The Morgan fingerprint density at radius 3 is 1.57 bits per heavy atom. The van der Waals surface area contributed by atoms with Crippen LogP contribution in [0.15, 0.2) is 30.3 Å². The number of ether oxygens (including phenoxy) is 5. The van der Waals surface area contributed by atoms with E-state index in [9.17, 15) is 55.9 Å². The molecule has 0 saturated carbocycles. The molecule has 238 valence electrons. The molecule has 15 atom stereocenters. The minimum absolute atomic E-state index is 0.323. The van der Waals surface area contributed by atoms with Gasteiger partial charge in [0.1, 0.15) is 73.2 Å². The summed E-state index contributed by atoms with van der Waals surface area (Å²) >= 11 is 0. The maximum Gasteiger partial charge on any atom is 0.187 e. The van der Waals surface area contributed by atoms with Crippen LogP contribution >= 0.6 is 0 Å². The third-order valence-electron chi connectivity index (χ3n) is 7.70. The predicted octanol–water partition coefficient (Wildman–Crippen LogP) is -5.25. The smallest absolute Gasteiger partial charge is 0.187 e. The number of benzene rings is 1. The van der Waals surface area contributed by atoms with Crippen LogP contribution in [0.25, 0.3) is 0 Å². The van der Waals surface area contributed by atoms with Crippen LogP contribution in [-0.4, -0.2) is 169 Å². The Hall–Kier alpha value is -1.71. The van der Waals surface area contributed by atoms with Gasteiger partial charge in [-0.3, -0.25) is 4.79 Å². The van der Waals surface area contributed by atoms with Crippen molar-refractivity contribution in [1.29, 1.82) is 0 Å². The van der Waals surface area contributed by atoms with E-state index in [2.05, 4.69) is 0 Å². The van der Waals surface area contributed by atoms with E-state index >= 15 is 0 Å². The first-order chi connectivity index (χ1) is 20.0. The fourth-order valence-corrected chi connectivity index (χ4v) is 5.25. The van der Waals surface area contributed by atoms with Gasteiger partial charge >= 0.3 is 0 Å². The highest BCUT2D eigenvalue weighted by molar-refractivity contribution is 5.96. The van der Waals surface area contributed by atoms with Gasteiger partial charge in [-0.05, 0) is 0 Å². The third-order valence-corrected chi connectivity index (χ3v) is 7.70. The average Bonchev–Trinajstić information content (AvgIpc) is 3.00. The molecular weight excluding hydrogens is 568 g/mol. The molecule has 10 N–H and O–H groups in total. The quantitative estimate of drug-likeness (QED) is 0.112. The Morgan fingerprint density at radius 1 is 0.571 bits per heavy atom. The normalized spacial score (nSPS) is 44.6. The van der Waals surface area contributed by atoms with E-state index in [0.717, 1.165) is 0 Å². The second-order valence-corrected chi connectivity index (χ2v) is 10.5. The molecule has 3 aliphatic heterocycles. The molecule has 0 aromatic heterocycles. The lowest BCUT2D eigenvalue weighted by atomic mass is 9.91. The fourth-order valence-electron chi connectivity index (χ4n) is 5.25. The van der Waals surface area contributed by atoms with Crippen molar-refractivity contribution < 1.29 is 79.5 Å². The molecule has 3 heterocycles. The molecule has 3 saturated heterocycles. The van der Waals surface area contributed by atoms with E-state index in [4.69, 9.17) is 23.7 Å². The maximum atomic E-state index is 12.6. The largest absolute Gasteiger partial charge is 0.394 e. The van der Waals surface area contributed by atoms with Gasteiger partial charge in [0, 0.05) is 12.0 Å². The molecule has 1 aromatic rings. The van der Waals surface area contributed by atoms with Crippen LogP contribution in [0.2, 0.25) is 0 Å². The number of hydrogen-bond acceptors (Lipinski definition) is 16. The topological polar surface area (TPSA) is 266 Å². The van der Waals surface area contributed by atoms with Crippen LogP contribution in [0, 0.1) is 0 Å². The van der Waals surface area contributed by atoms with Crippen molar-refractivity contribution in [1.82, 2.24) is 0 Å². The molecule has 16 nitrogen and oxygen atoms in total. The molecular formula is C26H38O16. The summed E-state index contributed by atoms with van der Waals surface area (Å²) in [5.41, 5.74) is 0.352. The van der Waals surface area contributed by atoms with Gasteiger partial charge in [-0.25, -0.2) is 0 Å². The van der Waals surface area contributed by atoms with Crippen molar-refractivity contribution in [2.75, 3.05) is 19.8 Å². The first-order valence-electron chi connectivity index (χ1n) is 13.5. The van der Waals surface area contributed by atoms with Gasteiger partial charge in [-0.1, -0.05) is 30.3 Å². The average molecular weight is 607 g/mol. The second-order valence-electron chi connectivity index (χ2n) is 10.5. The Balaban J connectivity index is 1.42. The molecule has 3 aliphatic rings. The molecule has 42 heavy (non-hydrogen) atoms. The number of ketones is 1. The first-order valence-corrected chi connectivity index (χ1v) is 13.5. The van der Waals surface area contributed by atoms with Crippen LogP contribution in [-0.2, 0) is 23.7 Å². The Bertz CT molecular complexity index is 994. The molecule has 3 fully saturated rings. The minimum Gasteiger partial charge on any atom is -0.394 e. The van der Waals surface area contributed by atoms with E-state index in [1.807, 2.05) is 0 Å². The van der Waals surface area contributed by atoms with Crippen LogP contribution in [0.1, 0.15) is 16.8 Å². The molecule has 16 heteroatoms. The van der Waals surface area contributed by atoms with Gasteiger partial charge in [0.15, 0.2) is 18.4 Å². The zero-order valence-corrected chi connectivity index (χ0v) is 22.3. The molecule has 1 aromatic carbocycles. The number of carbonyl (C=O) groups is 1. The Morgan fingerprint density at radius 2 is 1.02 bits per heavy atom. The molecule has 0 radical (unpaired) electrons. The zero-order chi connectivity index (χ0) is 30.7. The van der Waals surface area contributed by atoms with Gasteiger partial charge in [0.05, 0.1) is 25.9 Å². The summed E-state index contributed by atoms with van der Waals surface area (Å²) in [5.74, 6) is -0.381. The predicted molar refractivity (Wildman–Crippen MR) is 134 cm³/mol. The number of aliphatic hydroxyl groups excluding tert-OH is 10. The number of hydrogen-bond donors (Lipinski definition) is 10. The summed E-state index contributed by atoms with van der Waals surface area (Å²) in [5, 5.41) is 103. The van der Waals surface area contributed by atoms with Gasteiger partial charge < -0.3 is 74.7 Å². The maximum absolute atomic E-state index is 12.6. The van der Waals surface area contributed by atoms with Gasteiger partial charge in [-0.15, -0.1) is 0 Å². The van der Waals surface area contributed by atoms with Gasteiger partial charge in [0.25, 0.3) is 0 Å². The summed E-state index contributed by atoms with van der Waals surface area (Å²) < 4.78 is 27.6. The van der Waals surface area contributed by atoms with E-state index < -0.39 is 112 Å². The van der Waals surface area contributed by atoms with Crippen molar-refractivity contribution in [2.24, 2.45) is 0 Å². The lowest BCUT2D eigenvalue weighted by molar-refractivity contribution is -0.372. The molecule has 4 rings (SSSR count). The summed E-state index contributed by atoms with van der Waals surface area (Å²) in [6.45, 7) is -2.31. The lowest BCUT2D eigenvalue weighted by Gasteiger charge is -2.48. The summed E-state index contributed by atoms with van der Waals surface area (Å²) in [6, 6.07) is 8.18. The minimum atomic E-state index is -1.93. The number of Topliss-reactive ketones (excluding diaryl/α,β-unsaturated/α-hetero) is 1. The molecule has 0 amide bonds. The highest BCUT2D eigenvalue weighted by atomic mass is 16.7. The second kappa shape index (κ2) is 14.4. The van der Waals surface area contributed by atoms with E-state index in [0.29, 0.717) is 5.56 Å². The molecule has 0 bridgehead atoms.